The molecule has 2 aliphatic rings. The first-order valence-electron chi connectivity index (χ1n) is 13.9. The van der Waals surface area contributed by atoms with E-state index in [1.165, 1.54) is 49.5 Å². The molecule has 0 unspecified atom stereocenters. The maximum absolute atomic E-state index is 5.53. The van der Waals surface area contributed by atoms with Crippen LogP contribution in [0.1, 0.15) is 38.5 Å². The summed E-state index contributed by atoms with van der Waals surface area (Å²) in [5.41, 5.74) is 2.91. The minimum atomic E-state index is -2.39. The normalized spacial score (nSPS) is 18.2. The second kappa shape index (κ2) is 15.5. The SMILES string of the molecule is CO[Si](CCCCCCCC[Si]c1ccc(N2CCN(C)CC2)cc1N1CCN(C)CC1)(OC)OC. The zero-order valence-electron chi connectivity index (χ0n) is 23.6. The van der Waals surface area contributed by atoms with E-state index in [4.69, 9.17) is 13.3 Å². The second-order valence-electron chi connectivity index (χ2n) is 10.4. The highest BCUT2D eigenvalue weighted by Crippen LogP contribution is 2.24. The number of hydrogen-bond acceptors (Lipinski definition) is 7. The summed E-state index contributed by atoms with van der Waals surface area (Å²) in [6, 6.07) is 9.55. The van der Waals surface area contributed by atoms with E-state index in [2.05, 4.69) is 51.9 Å². The Morgan fingerprint density at radius 2 is 1.22 bits per heavy atom. The van der Waals surface area contributed by atoms with Crippen LogP contribution < -0.4 is 15.0 Å². The molecule has 36 heavy (non-hydrogen) atoms. The van der Waals surface area contributed by atoms with Crippen LogP contribution in [0.2, 0.25) is 12.1 Å². The van der Waals surface area contributed by atoms with Gasteiger partial charge in [0.25, 0.3) is 0 Å². The lowest BCUT2D eigenvalue weighted by molar-refractivity contribution is 0.122. The molecule has 0 amide bonds. The van der Waals surface area contributed by atoms with Crippen molar-refractivity contribution in [3.8, 4) is 0 Å². The Balaban J connectivity index is 1.44. The van der Waals surface area contributed by atoms with E-state index < -0.39 is 8.80 Å². The number of unbranched alkanes of at least 4 members (excludes halogenated alkanes) is 5. The second-order valence-corrected chi connectivity index (χ2v) is 14.9. The van der Waals surface area contributed by atoms with E-state index >= 15 is 0 Å². The predicted octanol–water partition coefficient (Wildman–Crippen LogP) is 3.16. The summed E-state index contributed by atoms with van der Waals surface area (Å²) in [5.74, 6) is 0. The van der Waals surface area contributed by atoms with E-state index in [1.54, 1.807) is 26.5 Å². The smallest absolute Gasteiger partial charge is 0.377 e. The predicted molar refractivity (Wildman–Crippen MR) is 155 cm³/mol. The topological polar surface area (TPSA) is 40.7 Å². The molecule has 0 bridgehead atoms. The monoisotopic (exact) mass is 534 g/mol. The van der Waals surface area contributed by atoms with Crippen LogP contribution in [0.25, 0.3) is 0 Å². The molecule has 9 heteroatoms. The molecular formula is C27H50N4O3Si2. The Labute approximate surface area is 224 Å². The van der Waals surface area contributed by atoms with Crippen LogP contribution in [-0.2, 0) is 13.3 Å². The first-order chi connectivity index (χ1) is 17.5. The number of anilines is 2. The van der Waals surface area contributed by atoms with E-state index in [0.29, 0.717) is 0 Å². The van der Waals surface area contributed by atoms with Crippen molar-refractivity contribution in [2.24, 2.45) is 0 Å². The molecule has 0 atom stereocenters. The number of hydrogen-bond donors (Lipinski definition) is 0. The molecule has 2 heterocycles. The fourth-order valence-corrected chi connectivity index (χ4v) is 8.30. The van der Waals surface area contributed by atoms with Crippen molar-refractivity contribution in [3.05, 3.63) is 18.2 Å². The van der Waals surface area contributed by atoms with Crippen LogP contribution >= 0.6 is 0 Å². The molecule has 0 aliphatic carbocycles. The maximum atomic E-state index is 5.53. The molecule has 0 saturated carbocycles. The Hall–Kier alpha value is -0.946. The lowest BCUT2D eigenvalue weighted by Gasteiger charge is -2.37. The Bertz CT molecular complexity index is 744. The van der Waals surface area contributed by atoms with Gasteiger partial charge in [-0.05, 0) is 37.8 Å². The summed E-state index contributed by atoms with van der Waals surface area (Å²) < 4.78 is 16.6. The van der Waals surface area contributed by atoms with Gasteiger partial charge in [-0.3, -0.25) is 0 Å². The first kappa shape index (κ1) is 29.6. The fraction of sp³-hybridized carbons (Fsp3) is 0.778. The Morgan fingerprint density at radius 1 is 0.694 bits per heavy atom. The van der Waals surface area contributed by atoms with Crippen molar-refractivity contribution < 1.29 is 13.3 Å². The van der Waals surface area contributed by atoms with Gasteiger partial charge in [0.2, 0.25) is 0 Å². The van der Waals surface area contributed by atoms with Gasteiger partial charge in [0.05, 0.1) is 9.52 Å². The van der Waals surface area contributed by atoms with Crippen LogP contribution in [-0.4, -0.2) is 116 Å². The maximum Gasteiger partial charge on any atom is 0.500 e. The highest BCUT2D eigenvalue weighted by molar-refractivity contribution is 6.60. The lowest BCUT2D eigenvalue weighted by atomic mass is 10.1. The number of nitrogens with zero attached hydrogens (tertiary/aromatic N) is 4. The third-order valence-electron chi connectivity index (χ3n) is 7.85. The molecule has 3 rings (SSSR count). The van der Waals surface area contributed by atoms with Crippen LogP contribution in [0.15, 0.2) is 18.2 Å². The lowest BCUT2D eigenvalue weighted by Crippen LogP contribution is -2.47. The molecule has 1 aromatic rings. The molecule has 2 saturated heterocycles. The molecule has 0 aromatic heterocycles. The van der Waals surface area contributed by atoms with E-state index in [9.17, 15) is 0 Å². The van der Waals surface area contributed by atoms with Crippen molar-refractivity contribution in [1.29, 1.82) is 0 Å². The molecule has 7 nitrogen and oxygen atoms in total. The zero-order chi connectivity index (χ0) is 25.8. The van der Waals surface area contributed by atoms with E-state index in [0.717, 1.165) is 74.3 Å². The summed E-state index contributed by atoms with van der Waals surface area (Å²) in [7, 11) is 8.09. The molecule has 0 N–H and O–H groups in total. The van der Waals surface area contributed by atoms with Crippen molar-refractivity contribution >= 4 is 34.9 Å². The third kappa shape index (κ3) is 8.82. The molecule has 0 spiro atoms. The Morgan fingerprint density at radius 3 is 1.81 bits per heavy atom. The zero-order valence-corrected chi connectivity index (χ0v) is 25.6. The summed E-state index contributed by atoms with van der Waals surface area (Å²) >= 11 is 0. The average molecular weight is 535 g/mol. The molecule has 2 fully saturated rings. The standard InChI is InChI=1S/C27H50N4O3Si2/c1-28-14-18-30(19-15-28)25-12-13-27(26(24-25)31-20-16-29(2)17-21-31)35-22-10-8-6-7-9-11-23-36(32-3,33-4)34-5/h12-13,24H,6-11,14-23H2,1-5H3. The van der Waals surface area contributed by atoms with E-state index in [-0.39, 0.29) is 0 Å². The van der Waals surface area contributed by atoms with Crippen LogP contribution in [0.3, 0.4) is 0 Å². The number of benzene rings is 1. The van der Waals surface area contributed by atoms with Gasteiger partial charge in [0.1, 0.15) is 0 Å². The Kier molecular flexibility index (Phi) is 12.7. The van der Waals surface area contributed by atoms with Gasteiger partial charge in [-0.25, -0.2) is 0 Å². The number of likely N-dealkylation sites (N-methyl/N-ethyl adjacent to an activating group) is 2. The highest BCUT2D eigenvalue weighted by Gasteiger charge is 2.36. The quantitative estimate of drug-likeness (QED) is 0.253. The first-order valence-corrected chi connectivity index (χ1v) is 17.0. The third-order valence-corrected chi connectivity index (χ3v) is 12.1. The summed E-state index contributed by atoms with van der Waals surface area (Å²) in [6.45, 7) is 9.16. The van der Waals surface area contributed by atoms with E-state index in [1.807, 2.05) is 0 Å². The van der Waals surface area contributed by atoms with Crippen LogP contribution in [0.4, 0.5) is 11.4 Å². The van der Waals surface area contributed by atoms with Gasteiger partial charge in [-0.15, -0.1) is 0 Å². The van der Waals surface area contributed by atoms with Gasteiger partial charge in [0.15, 0.2) is 0 Å². The molecule has 204 valence electrons. The van der Waals surface area contributed by atoms with Gasteiger partial charge < -0.3 is 32.9 Å². The fourth-order valence-electron chi connectivity index (χ4n) is 5.19. The molecule has 2 aliphatic heterocycles. The summed E-state index contributed by atoms with van der Waals surface area (Å²) in [4.78, 5) is 10.1. The molecule has 2 radical (unpaired) electrons. The minimum Gasteiger partial charge on any atom is -0.377 e. The van der Waals surface area contributed by atoms with Gasteiger partial charge in [-0.2, -0.15) is 0 Å². The number of rotatable bonds is 15. The van der Waals surface area contributed by atoms with Crippen molar-refractivity contribution in [1.82, 2.24) is 9.80 Å². The van der Waals surface area contributed by atoms with Crippen molar-refractivity contribution in [2.45, 2.75) is 50.6 Å². The number of piperazine rings is 2. The van der Waals surface area contributed by atoms with Crippen molar-refractivity contribution in [2.75, 3.05) is 97.6 Å². The summed E-state index contributed by atoms with van der Waals surface area (Å²) in [6.07, 6.45) is 7.62. The average Bonchev–Trinajstić information content (AvgIpc) is 2.91. The highest BCUT2D eigenvalue weighted by atomic mass is 28.4. The molecular weight excluding hydrogens is 484 g/mol. The van der Waals surface area contributed by atoms with Crippen molar-refractivity contribution in [3.63, 3.8) is 0 Å². The van der Waals surface area contributed by atoms with Gasteiger partial charge in [0, 0.05) is 91.1 Å². The van der Waals surface area contributed by atoms with Gasteiger partial charge >= 0.3 is 8.80 Å². The van der Waals surface area contributed by atoms with Gasteiger partial charge in [-0.1, -0.05) is 44.2 Å². The summed E-state index contributed by atoms with van der Waals surface area (Å²) in [5, 5.41) is 1.57. The van der Waals surface area contributed by atoms with Crippen LogP contribution in [0.5, 0.6) is 0 Å². The largest absolute Gasteiger partial charge is 0.500 e. The van der Waals surface area contributed by atoms with Crippen LogP contribution in [0, 0.1) is 0 Å². The minimum absolute atomic E-state index is 0.901. The molecule has 1 aromatic carbocycles.